The normalized spacial score (nSPS) is 29.1. The Morgan fingerprint density at radius 2 is 1.84 bits per heavy atom. The van der Waals surface area contributed by atoms with Crippen molar-refractivity contribution >= 4 is 29.0 Å². The number of amides is 2. The Bertz CT molecular complexity index is 903. The predicted molar refractivity (Wildman–Crippen MR) is 122 cm³/mol. The van der Waals surface area contributed by atoms with Gasteiger partial charge in [0.05, 0.1) is 48.9 Å². The number of nitrogens with one attached hydrogen (secondary N) is 1. The number of hydrogen-bond acceptors (Lipinski definition) is 7. The third kappa shape index (κ3) is 3.68. The lowest BCUT2D eigenvalue weighted by molar-refractivity contribution is 0.0689. The van der Waals surface area contributed by atoms with Crippen molar-refractivity contribution in [1.82, 2.24) is 20.2 Å². The first kappa shape index (κ1) is 20.7. The first-order chi connectivity index (χ1) is 15.0. The third-order valence-corrected chi connectivity index (χ3v) is 8.24. The van der Waals surface area contributed by atoms with Crippen LogP contribution >= 0.6 is 11.3 Å². The van der Waals surface area contributed by atoms with Gasteiger partial charge in [-0.3, -0.25) is 9.80 Å². The highest BCUT2D eigenvalue weighted by atomic mass is 32.1. The Hall–Kier alpha value is -2.23. The number of carbonyl (C=O) groups excluding carboxylic acids is 1. The summed E-state index contributed by atoms with van der Waals surface area (Å²) in [6.07, 6.45) is 7.52. The molecule has 166 valence electrons. The van der Waals surface area contributed by atoms with Crippen molar-refractivity contribution in [2.75, 3.05) is 56.7 Å². The molecule has 0 aromatic carbocycles. The average molecular weight is 443 g/mol. The van der Waals surface area contributed by atoms with Gasteiger partial charge < -0.3 is 15.0 Å². The van der Waals surface area contributed by atoms with Gasteiger partial charge in [0, 0.05) is 18.0 Å². The van der Waals surface area contributed by atoms with E-state index in [9.17, 15) is 4.79 Å². The number of ether oxygens (including phenoxy) is 1. The lowest BCUT2D eigenvalue weighted by Crippen LogP contribution is -2.53. The molecule has 2 saturated heterocycles. The summed E-state index contributed by atoms with van der Waals surface area (Å²) >= 11 is 1.83. The molecule has 5 rings (SSSR count). The van der Waals surface area contributed by atoms with E-state index >= 15 is 0 Å². The maximum Gasteiger partial charge on any atom is 0.322 e. The minimum Gasteiger partial charge on any atom is -0.378 e. The van der Waals surface area contributed by atoms with Crippen LogP contribution in [0.2, 0.25) is 0 Å². The van der Waals surface area contributed by atoms with Crippen molar-refractivity contribution in [2.24, 2.45) is 0 Å². The van der Waals surface area contributed by atoms with E-state index in [0.29, 0.717) is 25.7 Å². The average Bonchev–Trinajstić information content (AvgIpc) is 3.44. The minimum atomic E-state index is -0.184. The SMILES string of the molecule is CN(C)C1(c2cccs2)CCC2(CC1)CN(c1cnc(N3CCOCC3)nc1)C(=O)N2. The van der Waals surface area contributed by atoms with Crippen molar-refractivity contribution in [1.29, 1.82) is 0 Å². The largest absolute Gasteiger partial charge is 0.378 e. The summed E-state index contributed by atoms with van der Waals surface area (Å²) in [6, 6.07) is 4.33. The second kappa shape index (κ2) is 8.03. The lowest BCUT2D eigenvalue weighted by Gasteiger charge is -2.47. The fourth-order valence-corrected chi connectivity index (χ4v) is 6.25. The molecule has 9 heteroatoms. The van der Waals surface area contributed by atoms with E-state index in [0.717, 1.165) is 44.5 Å². The van der Waals surface area contributed by atoms with Gasteiger partial charge in [-0.05, 0) is 51.2 Å². The topological polar surface area (TPSA) is 73.8 Å². The summed E-state index contributed by atoms with van der Waals surface area (Å²) in [5, 5.41) is 5.46. The maximum atomic E-state index is 12.9. The van der Waals surface area contributed by atoms with Crippen LogP contribution in [0.3, 0.4) is 0 Å². The molecule has 1 aliphatic carbocycles. The molecule has 2 aliphatic heterocycles. The molecule has 1 N–H and O–H groups in total. The molecule has 0 radical (unpaired) electrons. The van der Waals surface area contributed by atoms with E-state index in [1.165, 1.54) is 4.88 Å². The van der Waals surface area contributed by atoms with E-state index < -0.39 is 0 Å². The zero-order valence-electron chi connectivity index (χ0n) is 18.2. The van der Waals surface area contributed by atoms with Gasteiger partial charge in [0.1, 0.15) is 0 Å². The summed E-state index contributed by atoms with van der Waals surface area (Å²) < 4.78 is 5.40. The second-order valence-electron chi connectivity index (χ2n) is 9.04. The number of anilines is 2. The van der Waals surface area contributed by atoms with E-state index in [-0.39, 0.29) is 17.1 Å². The maximum absolute atomic E-state index is 12.9. The summed E-state index contributed by atoms with van der Waals surface area (Å²) in [4.78, 5) is 29.6. The van der Waals surface area contributed by atoms with E-state index in [4.69, 9.17) is 4.74 Å². The lowest BCUT2D eigenvalue weighted by atomic mass is 9.71. The van der Waals surface area contributed by atoms with Crippen LogP contribution in [0.4, 0.5) is 16.4 Å². The number of nitrogens with zero attached hydrogens (tertiary/aromatic N) is 5. The Morgan fingerprint density at radius 1 is 1.13 bits per heavy atom. The van der Waals surface area contributed by atoms with Gasteiger partial charge in [0.15, 0.2) is 0 Å². The molecule has 4 heterocycles. The Kier molecular flexibility index (Phi) is 5.35. The highest BCUT2D eigenvalue weighted by Gasteiger charge is 2.50. The fraction of sp³-hybridized carbons (Fsp3) is 0.591. The fourth-order valence-electron chi connectivity index (χ4n) is 5.18. The molecule has 3 aliphatic rings. The smallest absolute Gasteiger partial charge is 0.322 e. The van der Waals surface area contributed by atoms with Crippen LogP contribution in [0.1, 0.15) is 30.6 Å². The van der Waals surface area contributed by atoms with E-state index in [1.54, 1.807) is 17.3 Å². The van der Waals surface area contributed by atoms with Gasteiger partial charge in [0.25, 0.3) is 0 Å². The van der Waals surface area contributed by atoms with Crippen LogP contribution in [0.15, 0.2) is 29.9 Å². The van der Waals surface area contributed by atoms with Gasteiger partial charge >= 0.3 is 6.03 Å². The number of carbonyl (C=O) groups is 1. The van der Waals surface area contributed by atoms with Crippen LogP contribution < -0.4 is 15.1 Å². The summed E-state index contributed by atoms with van der Waals surface area (Å²) in [7, 11) is 4.34. The highest BCUT2D eigenvalue weighted by Crippen LogP contribution is 2.47. The number of rotatable bonds is 4. The highest BCUT2D eigenvalue weighted by molar-refractivity contribution is 7.10. The predicted octanol–water partition coefficient (Wildman–Crippen LogP) is 2.67. The molecular formula is C22H30N6O2S. The van der Waals surface area contributed by atoms with Crippen LogP contribution in [0.5, 0.6) is 0 Å². The van der Waals surface area contributed by atoms with Crippen molar-refractivity contribution in [3.8, 4) is 0 Å². The van der Waals surface area contributed by atoms with Crippen LogP contribution in [-0.4, -0.2) is 73.4 Å². The summed E-state index contributed by atoms with van der Waals surface area (Å²) in [5.41, 5.74) is 0.631. The number of hydrogen-bond donors (Lipinski definition) is 1. The standard InChI is InChI=1S/C22H30N6O2S/c1-26(2)22(18-4-3-13-31-18)7-5-21(6-8-22)16-28(20(29)25-21)17-14-23-19(24-15-17)27-9-11-30-12-10-27/h3-4,13-15H,5-12,16H2,1-2H3,(H,25,29). The Labute approximate surface area is 187 Å². The molecule has 8 nitrogen and oxygen atoms in total. The van der Waals surface area contributed by atoms with E-state index in [2.05, 4.69) is 56.7 Å². The van der Waals surface area contributed by atoms with Crippen LogP contribution in [0, 0.1) is 0 Å². The van der Waals surface area contributed by atoms with Crippen molar-refractivity contribution in [3.05, 3.63) is 34.8 Å². The monoisotopic (exact) mass is 442 g/mol. The molecule has 1 spiro atoms. The number of morpholine rings is 1. The molecule has 0 unspecified atom stereocenters. The van der Waals surface area contributed by atoms with Crippen LogP contribution in [0.25, 0.3) is 0 Å². The molecule has 1 saturated carbocycles. The van der Waals surface area contributed by atoms with Crippen molar-refractivity contribution in [3.63, 3.8) is 0 Å². The third-order valence-electron chi connectivity index (χ3n) is 7.18. The van der Waals surface area contributed by atoms with Gasteiger partial charge in [-0.1, -0.05) is 6.07 Å². The van der Waals surface area contributed by atoms with Gasteiger partial charge in [-0.2, -0.15) is 0 Å². The summed E-state index contributed by atoms with van der Waals surface area (Å²) in [5.74, 6) is 0.700. The zero-order valence-corrected chi connectivity index (χ0v) is 19.0. The molecule has 3 fully saturated rings. The minimum absolute atomic E-state index is 0.0452. The first-order valence-corrected chi connectivity index (χ1v) is 11.9. The molecule has 0 atom stereocenters. The molecule has 2 aromatic heterocycles. The van der Waals surface area contributed by atoms with Gasteiger partial charge in [0.2, 0.25) is 5.95 Å². The summed E-state index contributed by atoms with van der Waals surface area (Å²) in [6.45, 7) is 3.65. The number of urea groups is 1. The number of aromatic nitrogens is 2. The van der Waals surface area contributed by atoms with Crippen LogP contribution in [-0.2, 0) is 10.3 Å². The van der Waals surface area contributed by atoms with Gasteiger partial charge in [-0.15, -0.1) is 11.3 Å². The molecule has 31 heavy (non-hydrogen) atoms. The molecule has 0 bridgehead atoms. The number of thiophene rings is 1. The van der Waals surface area contributed by atoms with Crippen molar-refractivity contribution < 1.29 is 9.53 Å². The Morgan fingerprint density at radius 3 is 2.45 bits per heavy atom. The quantitative estimate of drug-likeness (QED) is 0.785. The second-order valence-corrected chi connectivity index (χ2v) is 9.99. The molecular weight excluding hydrogens is 412 g/mol. The molecule has 2 aromatic rings. The Balaban J connectivity index is 1.29. The zero-order chi connectivity index (χ0) is 21.5. The first-order valence-electron chi connectivity index (χ1n) is 11.0. The van der Waals surface area contributed by atoms with Crippen molar-refractivity contribution in [2.45, 2.75) is 36.8 Å². The van der Waals surface area contributed by atoms with E-state index in [1.807, 2.05) is 11.3 Å². The van der Waals surface area contributed by atoms with Gasteiger partial charge in [-0.25, -0.2) is 14.8 Å². The molecule has 2 amide bonds.